The number of rotatable bonds is 2. The SMILES string of the molecule is CCc1c(-n2cnc(Cl)c2)ccc(Cl)c1F. The molecule has 0 aliphatic rings. The fourth-order valence-electron chi connectivity index (χ4n) is 1.59. The van der Waals surface area contributed by atoms with Crippen LogP contribution in [0.5, 0.6) is 0 Å². The maximum Gasteiger partial charge on any atom is 0.147 e. The molecule has 0 aliphatic heterocycles. The first-order valence-corrected chi connectivity index (χ1v) is 5.55. The Hall–Kier alpha value is -1.06. The standard InChI is InChI=1S/C11H9Cl2FN2/c1-2-7-9(4-3-8(12)11(7)14)16-5-10(13)15-6-16/h3-6H,2H2,1H3. The minimum atomic E-state index is -0.383. The second-order valence-electron chi connectivity index (χ2n) is 3.32. The first kappa shape index (κ1) is 11.4. The van der Waals surface area contributed by atoms with E-state index < -0.39 is 0 Å². The highest BCUT2D eigenvalue weighted by molar-refractivity contribution is 6.31. The van der Waals surface area contributed by atoms with Gasteiger partial charge in [-0.25, -0.2) is 9.37 Å². The quantitative estimate of drug-likeness (QED) is 0.800. The van der Waals surface area contributed by atoms with Gasteiger partial charge in [-0.3, -0.25) is 0 Å². The molecule has 1 aromatic heterocycles. The smallest absolute Gasteiger partial charge is 0.147 e. The monoisotopic (exact) mass is 258 g/mol. The van der Waals surface area contributed by atoms with E-state index in [9.17, 15) is 4.39 Å². The normalized spacial score (nSPS) is 10.8. The van der Waals surface area contributed by atoms with Crippen molar-refractivity contribution in [1.82, 2.24) is 9.55 Å². The Bertz CT molecular complexity index is 523. The Kier molecular flexibility index (Phi) is 3.17. The maximum atomic E-state index is 13.8. The summed E-state index contributed by atoms with van der Waals surface area (Å²) in [6.45, 7) is 1.87. The molecule has 5 heteroatoms. The van der Waals surface area contributed by atoms with Gasteiger partial charge in [-0.1, -0.05) is 30.1 Å². The van der Waals surface area contributed by atoms with Crippen molar-refractivity contribution >= 4 is 23.2 Å². The summed E-state index contributed by atoms with van der Waals surface area (Å²) >= 11 is 11.5. The van der Waals surface area contributed by atoms with E-state index in [2.05, 4.69) is 4.98 Å². The Morgan fingerprint density at radius 2 is 2.12 bits per heavy atom. The molecule has 0 unspecified atom stereocenters. The number of aromatic nitrogens is 2. The van der Waals surface area contributed by atoms with Crippen molar-refractivity contribution in [2.24, 2.45) is 0 Å². The molecule has 0 saturated carbocycles. The van der Waals surface area contributed by atoms with Crippen molar-refractivity contribution in [1.29, 1.82) is 0 Å². The van der Waals surface area contributed by atoms with Gasteiger partial charge in [-0.2, -0.15) is 0 Å². The van der Waals surface area contributed by atoms with E-state index in [4.69, 9.17) is 23.2 Å². The van der Waals surface area contributed by atoms with Crippen LogP contribution < -0.4 is 0 Å². The highest BCUT2D eigenvalue weighted by Crippen LogP contribution is 2.25. The Labute approximate surface area is 103 Å². The van der Waals surface area contributed by atoms with Gasteiger partial charge >= 0.3 is 0 Å². The van der Waals surface area contributed by atoms with Gasteiger partial charge in [0.05, 0.1) is 10.7 Å². The van der Waals surface area contributed by atoms with Gasteiger partial charge in [0.1, 0.15) is 17.3 Å². The van der Waals surface area contributed by atoms with Crippen LogP contribution in [0.3, 0.4) is 0 Å². The topological polar surface area (TPSA) is 17.8 Å². The van der Waals surface area contributed by atoms with Crippen molar-refractivity contribution in [2.45, 2.75) is 13.3 Å². The zero-order valence-electron chi connectivity index (χ0n) is 8.54. The van der Waals surface area contributed by atoms with Crippen LogP contribution in [0.25, 0.3) is 5.69 Å². The molecule has 0 amide bonds. The predicted molar refractivity (Wildman–Crippen MR) is 62.9 cm³/mol. The van der Waals surface area contributed by atoms with Gasteiger partial charge in [0, 0.05) is 11.8 Å². The van der Waals surface area contributed by atoms with Crippen LogP contribution in [0.4, 0.5) is 4.39 Å². The van der Waals surface area contributed by atoms with E-state index in [0.29, 0.717) is 22.8 Å². The molecule has 84 valence electrons. The first-order valence-electron chi connectivity index (χ1n) is 4.80. The Morgan fingerprint density at radius 3 is 2.69 bits per heavy atom. The lowest BCUT2D eigenvalue weighted by molar-refractivity contribution is 0.610. The van der Waals surface area contributed by atoms with Crippen molar-refractivity contribution in [3.05, 3.63) is 46.2 Å². The van der Waals surface area contributed by atoms with Crippen molar-refractivity contribution in [2.75, 3.05) is 0 Å². The maximum absolute atomic E-state index is 13.8. The molecule has 0 spiro atoms. The number of benzene rings is 1. The summed E-state index contributed by atoms with van der Waals surface area (Å²) in [5.74, 6) is -0.383. The average molecular weight is 259 g/mol. The van der Waals surface area contributed by atoms with Gasteiger partial charge < -0.3 is 4.57 Å². The van der Waals surface area contributed by atoms with E-state index in [1.165, 1.54) is 6.07 Å². The number of hydrogen-bond acceptors (Lipinski definition) is 1. The lowest BCUT2D eigenvalue weighted by atomic mass is 10.1. The molecule has 1 aromatic carbocycles. The number of halogens is 3. The highest BCUT2D eigenvalue weighted by atomic mass is 35.5. The van der Waals surface area contributed by atoms with E-state index in [1.54, 1.807) is 23.2 Å². The van der Waals surface area contributed by atoms with Crippen LogP contribution in [-0.2, 0) is 6.42 Å². The molecular formula is C11H9Cl2FN2. The van der Waals surface area contributed by atoms with Crippen LogP contribution in [0.2, 0.25) is 10.2 Å². The first-order chi connectivity index (χ1) is 7.63. The minimum Gasteiger partial charge on any atom is -0.304 e. The van der Waals surface area contributed by atoms with Gasteiger partial charge in [0.15, 0.2) is 0 Å². The van der Waals surface area contributed by atoms with Crippen molar-refractivity contribution in [3.8, 4) is 5.69 Å². The van der Waals surface area contributed by atoms with Gasteiger partial charge in [0.2, 0.25) is 0 Å². The zero-order chi connectivity index (χ0) is 11.7. The third kappa shape index (κ3) is 1.93. The van der Waals surface area contributed by atoms with Crippen LogP contribution in [0.15, 0.2) is 24.7 Å². The fraction of sp³-hybridized carbons (Fsp3) is 0.182. The lowest BCUT2D eigenvalue weighted by Gasteiger charge is -2.10. The molecule has 16 heavy (non-hydrogen) atoms. The Balaban J connectivity index is 2.61. The molecule has 0 atom stereocenters. The number of hydrogen-bond donors (Lipinski definition) is 0. The van der Waals surface area contributed by atoms with Crippen LogP contribution in [0.1, 0.15) is 12.5 Å². The summed E-state index contributed by atoms with van der Waals surface area (Å²) in [4.78, 5) is 3.89. The summed E-state index contributed by atoms with van der Waals surface area (Å²) in [6.07, 6.45) is 3.73. The Morgan fingerprint density at radius 1 is 1.38 bits per heavy atom. The molecule has 2 rings (SSSR count). The third-order valence-corrected chi connectivity index (χ3v) is 2.84. The molecule has 2 aromatic rings. The summed E-state index contributed by atoms with van der Waals surface area (Å²) in [7, 11) is 0. The molecule has 1 heterocycles. The summed E-state index contributed by atoms with van der Waals surface area (Å²) in [5, 5.41) is 0.504. The summed E-state index contributed by atoms with van der Waals surface area (Å²) < 4.78 is 15.4. The second-order valence-corrected chi connectivity index (χ2v) is 4.11. The van der Waals surface area contributed by atoms with Crippen molar-refractivity contribution < 1.29 is 4.39 Å². The number of nitrogens with zero attached hydrogens (tertiary/aromatic N) is 2. The summed E-state index contributed by atoms with van der Waals surface area (Å²) in [6, 6.07) is 3.28. The average Bonchev–Trinajstić information content (AvgIpc) is 2.68. The van der Waals surface area contributed by atoms with Gasteiger partial charge in [0.25, 0.3) is 0 Å². The van der Waals surface area contributed by atoms with Crippen LogP contribution >= 0.6 is 23.2 Å². The van der Waals surface area contributed by atoms with Gasteiger partial charge in [-0.15, -0.1) is 0 Å². The van der Waals surface area contributed by atoms with E-state index in [0.717, 1.165) is 0 Å². The van der Waals surface area contributed by atoms with E-state index in [-0.39, 0.29) is 10.8 Å². The van der Waals surface area contributed by atoms with Crippen molar-refractivity contribution in [3.63, 3.8) is 0 Å². The van der Waals surface area contributed by atoms with Crippen LogP contribution in [0, 0.1) is 5.82 Å². The van der Waals surface area contributed by atoms with Gasteiger partial charge in [-0.05, 0) is 18.6 Å². The largest absolute Gasteiger partial charge is 0.304 e. The fourth-order valence-corrected chi connectivity index (χ4v) is 1.92. The van der Waals surface area contributed by atoms with E-state index in [1.807, 2.05) is 6.92 Å². The van der Waals surface area contributed by atoms with Crippen LogP contribution in [-0.4, -0.2) is 9.55 Å². The molecule has 0 radical (unpaired) electrons. The second kappa shape index (κ2) is 4.44. The number of imidazole rings is 1. The predicted octanol–water partition coefficient (Wildman–Crippen LogP) is 3.88. The highest BCUT2D eigenvalue weighted by Gasteiger charge is 2.12. The lowest BCUT2D eigenvalue weighted by Crippen LogP contribution is -2.00. The molecule has 0 saturated heterocycles. The van der Waals surface area contributed by atoms with E-state index >= 15 is 0 Å². The molecule has 0 aliphatic carbocycles. The third-order valence-electron chi connectivity index (χ3n) is 2.35. The summed E-state index contributed by atoms with van der Waals surface area (Å²) in [5.41, 5.74) is 1.27. The molecule has 0 N–H and O–H groups in total. The zero-order valence-corrected chi connectivity index (χ0v) is 10.1. The molecule has 2 nitrogen and oxygen atoms in total. The minimum absolute atomic E-state index is 0.131. The molecule has 0 fully saturated rings. The molecular weight excluding hydrogens is 250 g/mol. The molecule has 0 bridgehead atoms.